The second-order valence-electron chi connectivity index (χ2n) is 3.44. The molecule has 90 valence electrons. The Morgan fingerprint density at radius 1 is 1.22 bits per heavy atom. The Morgan fingerprint density at radius 3 is 2.67 bits per heavy atom. The van der Waals surface area contributed by atoms with Crippen LogP contribution in [0.1, 0.15) is 15.9 Å². The van der Waals surface area contributed by atoms with Crippen molar-refractivity contribution < 1.29 is 9.53 Å². The second kappa shape index (κ2) is 5.58. The molecular weight excluding hydrogens is 230 g/mol. The summed E-state index contributed by atoms with van der Waals surface area (Å²) in [5.41, 5.74) is 1.08. The monoisotopic (exact) mass is 241 g/mol. The van der Waals surface area contributed by atoms with Gasteiger partial charge in [-0.2, -0.15) is 5.10 Å². The molecule has 0 spiro atoms. The van der Waals surface area contributed by atoms with Crippen molar-refractivity contribution in [2.45, 2.75) is 0 Å². The molecule has 1 aromatic heterocycles. The highest BCUT2D eigenvalue weighted by atomic mass is 16.5. The predicted octanol–water partition coefficient (Wildman–Crippen LogP) is 1.59. The number of carbonyl (C=O) groups is 1. The number of rotatable bonds is 3. The first kappa shape index (κ1) is 11.8. The zero-order chi connectivity index (χ0) is 12.8. The Bertz CT molecular complexity index is 567. The quantitative estimate of drug-likeness (QED) is 0.291. The highest BCUT2D eigenvalue weighted by Gasteiger charge is 2.09. The van der Waals surface area contributed by atoms with Crippen LogP contribution in [0.3, 0.4) is 0 Å². The van der Waals surface area contributed by atoms with Crippen LogP contribution in [-0.2, 0) is 0 Å². The summed E-state index contributed by atoms with van der Waals surface area (Å²) in [4.78, 5) is 15.7. The van der Waals surface area contributed by atoms with Gasteiger partial charge in [-0.25, -0.2) is 4.79 Å². The molecule has 0 atom stereocenters. The van der Waals surface area contributed by atoms with E-state index in [1.54, 1.807) is 36.4 Å². The van der Waals surface area contributed by atoms with Crippen molar-refractivity contribution in [1.29, 1.82) is 0 Å². The summed E-state index contributed by atoms with van der Waals surface area (Å²) >= 11 is 0. The minimum Gasteiger partial charge on any atom is -0.422 e. The molecule has 0 bridgehead atoms. The number of esters is 1. The minimum absolute atomic E-state index is 0.411. The topological polar surface area (TPSA) is 77.6 Å². The first-order valence-electron chi connectivity index (χ1n) is 5.26. The number of para-hydroxylation sites is 1. The summed E-state index contributed by atoms with van der Waals surface area (Å²) in [5, 5.41) is 3.42. The normalized spacial score (nSPS) is 10.4. The predicted molar refractivity (Wildman–Crippen MR) is 67.4 cm³/mol. The fraction of sp³-hybridized carbons (Fsp3) is 0. The van der Waals surface area contributed by atoms with Gasteiger partial charge in [-0.3, -0.25) is 4.98 Å². The van der Waals surface area contributed by atoms with Crippen molar-refractivity contribution in [3.63, 3.8) is 0 Å². The summed E-state index contributed by atoms with van der Waals surface area (Å²) in [6, 6.07) is 10.2. The van der Waals surface area contributed by atoms with Gasteiger partial charge in [0.1, 0.15) is 5.75 Å². The van der Waals surface area contributed by atoms with E-state index in [4.69, 9.17) is 10.6 Å². The fourth-order valence-corrected chi connectivity index (χ4v) is 1.41. The lowest BCUT2D eigenvalue weighted by atomic mass is 10.2. The van der Waals surface area contributed by atoms with E-state index in [0.29, 0.717) is 16.9 Å². The van der Waals surface area contributed by atoms with Crippen molar-refractivity contribution in [2.24, 2.45) is 10.9 Å². The lowest BCUT2D eigenvalue weighted by Crippen LogP contribution is -2.09. The number of hydrazone groups is 1. The summed E-state index contributed by atoms with van der Waals surface area (Å²) in [6.45, 7) is 0. The molecule has 0 unspecified atom stereocenters. The highest BCUT2D eigenvalue weighted by Crippen LogP contribution is 2.17. The maximum absolute atomic E-state index is 11.8. The lowest BCUT2D eigenvalue weighted by molar-refractivity contribution is 0.0734. The Morgan fingerprint density at radius 2 is 1.94 bits per heavy atom. The Labute approximate surface area is 104 Å². The first-order valence-corrected chi connectivity index (χ1v) is 5.26. The number of nitrogens with zero attached hydrogens (tertiary/aromatic N) is 2. The van der Waals surface area contributed by atoms with Crippen LogP contribution in [0.2, 0.25) is 0 Å². The van der Waals surface area contributed by atoms with Gasteiger partial charge in [-0.1, -0.05) is 12.1 Å². The maximum atomic E-state index is 11.8. The van der Waals surface area contributed by atoms with E-state index in [1.807, 2.05) is 0 Å². The van der Waals surface area contributed by atoms with E-state index in [9.17, 15) is 4.79 Å². The standard InChI is InChI=1S/C13H11N3O2/c14-16-9-11-3-1-2-4-12(11)18-13(17)10-5-7-15-8-6-10/h1-9H,14H2. The van der Waals surface area contributed by atoms with Crippen molar-refractivity contribution in [2.75, 3.05) is 0 Å². The Balaban J connectivity index is 2.22. The molecule has 18 heavy (non-hydrogen) atoms. The lowest BCUT2D eigenvalue weighted by Gasteiger charge is -2.06. The molecule has 0 aliphatic heterocycles. The molecule has 0 saturated heterocycles. The van der Waals surface area contributed by atoms with E-state index >= 15 is 0 Å². The average Bonchev–Trinajstić information content (AvgIpc) is 2.42. The van der Waals surface area contributed by atoms with Gasteiger partial charge in [-0.05, 0) is 24.3 Å². The van der Waals surface area contributed by atoms with Gasteiger partial charge in [0, 0.05) is 18.0 Å². The smallest absolute Gasteiger partial charge is 0.343 e. The van der Waals surface area contributed by atoms with E-state index < -0.39 is 5.97 Å². The third-order valence-electron chi connectivity index (χ3n) is 2.25. The van der Waals surface area contributed by atoms with Gasteiger partial charge in [0.2, 0.25) is 0 Å². The van der Waals surface area contributed by atoms with Crippen LogP contribution >= 0.6 is 0 Å². The number of carbonyl (C=O) groups excluding carboxylic acids is 1. The number of benzene rings is 1. The van der Waals surface area contributed by atoms with Gasteiger partial charge in [0.15, 0.2) is 0 Å². The van der Waals surface area contributed by atoms with Gasteiger partial charge in [-0.15, -0.1) is 0 Å². The summed E-state index contributed by atoms with van der Waals surface area (Å²) in [7, 11) is 0. The molecular formula is C13H11N3O2. The molecule has 1 heterocycles. The fourth-order valence-electron chi connectivity index (χ4n) is 1.41. The summed E-state index contributed by atoms with van der Waals surface area (Å²) < 4.78 is 5.27. The SMILES string of the molecule is NN=Cc1ccccc1OC(=O)c1ccncc1. The second-order valence-corrected chi connectivity index (χ2v) is 3.44. The third kappa shape index (κ3) is 2.70. The molecule has 0 aliphatic rings. The van der Waals surface area contributed by atoms with Crippen LogP contribution in [0, 0.1) is 0 Å². The van der Waals surface area contributed by atoms with E-state index in [0.717, 1.165) is 0 Å². The van der Waals surface area contributed by atoms with Crippen LogP contribution in [0.25, 0.3) is 0 Å². The van der Waals surface area contributed by atoms with E-state index in [1.165, 1.54) is 18.6 Å². The van der Waals surface area contributed by atoms with Gasteiger partial charge in [0.25, 0.3) is 0 Å². The van der Waals surface area contributed by atoms with Crippen molar-refractivity contribution in [1.82, 2.24) is 4.98 Å². The Hall–Kier alpha value is -2.69. The van der Waals surface area contributed by atoms with Crippen LogP contribution in [0.4, 0.5) is 0 Å². The van der Waals surface area contributed by atoms with E-state index in [2.05, 4.69) is 10.1 Å². The highest BCUT2D eigenvalue weighted by molar-refractivity contribution is 5.92. The number of pyridine rings is 1. The Kier molecular flexibility index (Phi) is 3.66. The van der Waals surface area contributed by atoms with Crippen molar-refractivity contribution >= 4 is 12.2 Å². The largest absolute Gasteiger partial charge is 0.422 e. The molecule has 2 aromatic rings. The van der Waals surface area contributed by atoms with Crippen molar-refractivity contribution in [3.05, 3.63) is 59.9 Å². The zero-order valence-electron chi connectivity index (χ0n) is 9.48. The zero-order valence-corrected chi connectivity index (χ0v) is 9.48. The van der Waals surface area contributed by atoms with Gasteiger partial charge < -0.3 is 10.6 Å². The molecule has 0 fully saturated rings. The molecule has 2 rings (SSSR count). The summed E-state index contributed by atoms with van der Waals surface area (Å²) in [5.74, 6) is 5.05. The van der Waals surface area contributed by atoms with Gasteiger partial charge in [0.05, 0.1) is 11.8 Å². The third-order valence-corrected chi connectivity index (χ3v) is 2.25. The van der Waals surface area contributed by atoms with Crippen LogP contribution < -0.4 is 10.6 Å². The molecule has 1 aromatic carbocycles. The molecule has 5 heteroatoms. The molecule has 0 aliphatic carbocycles. The molecule has 0 saturated carbocycles. The van der Waals surface area contributed by atoms with Gasteiger partial charge >= 0.3 is 5.97 Å². The average molecular weight is 241 g/mol. The van der Waals surface area contributed by atoms with Crippen LogP contribution in [0.15, 0.2) is 53.9 Å². The van der Waals surface area contributed by atoms with Crippen LogP contribution in [0.5, 0.6) is 5.75 Å². The van der Waals surface area contributed by atoms with Crippen molar-refractivity contribution in [3.8, 4) is 5.75 Å². The summed E-state index contributed by atoms with van der Waals surface area (Å²) in [6.07, 6.45) is 4.49. The van der Waals surface area contributed by atoms with E-state index in [-0.39, 0.29) is 0 Å². The minimum atomic E-state index is -0.449. The number of ether oxygens (including phenoxy) is 1. The molecule has 0 amide bonds. The first-order chi connectivity index (χ1) is 8.81. The number of aromatic nitrogens is 1. The number of hydrogen-bond acceptors (Lipinski definition) is 5. The number of nitrogens with two attached hydrogens (primary N) is 1. The number of hydrogen-bond donors (Lipinski definition) is 1. The molecule has 2 N–H and O–H groups in total. The molecule has 0 radical (unpaired) electrons. The molecule has 5 nitrogen and oxygen atoms in total. The maximum Gasteiger partial charge on any atom is 0.343 e. The van der Waals surface area contributed by atoms with Crippen LogP contribution in [-0.4, -0.2) is 17.2 Å².